The number of aliphatic hydroxyl groups is 1. The number of hydrogen-bond acceptors (Lipinski definition) is 6. The molecule has 14 heavy (non-hydrogen) atoms. The third kappa shape index (κ3) is 2.58. The van der Waals surface area contributed by atoms with Crippen LogP contribution in [-0.4, -0.2) is 21.6 Å². The van der Waals surface area contributed by atoms with Crippen molar-refractivity contribution in [2.45, 2.75) is 19.4 Å². The Morgan fingerprint density at radius 1 is 1.71 bits per heavy atom. The van der Waals surface area contributed by atoms with Crippen molar-refractivity contribution in [2.24, 2.45) is 0 Å². The Morgan fingerprint density at radius 3 is 2.86 bits per heavy atom. The van der Waals surface area contributed by atoms with Crippen LogP contribution in [0.2, 0.25) is 0 Å². The minimum Gasteiger partial charge on any atom is -0.389 e. The van der Waals surface area contributed by atoms with E-state index in [1.54, 1.807) is 13.8 Å². The van der Waals surface area contributed by atoms with Gasteiger partial charge in [0.25, 0.3) is 0 Å². The monoisotopic (exact) mass is 212 g/mol. The molecule has 1 rings (SSSR count). The molecule has 1 heterocycles. The normalized spacial score (nSPS) is 11.0. The maximum absolute atomic E-state index is 9.46. The number of rotatable bonds is 3. The molecule has 0 spiro atoms. The number of nitrogens with zero attached hydrogens (tertiary/aromatic N) is 2. The smallest absolute Gasteiger partial charge is 0.157 e. The van der Waals surface area contributed by atoms with Crippen LogP contribution in [0, 0.1) is 11.3 Å². The van der Waals surface area contributed by atoms with Crippen molar-refractivity contribution in [1.82, 2.24) is 4.37 Å². The Morgan fingerprint density at radius 2 is 2.36 bits per heavy atom. The van der Waals surface area contributed by atoms with Gasteiger partial charge in [0.15, 0.2) is 5.82 Å². The second kappa shape index (κ2) is 3.82. The van der Waals surface area contributed by atoms with E-state index in [0.29, 0.717) is 17.1 Å². The van der Waals surface area contributed by atoms with Gasteiger partial charge < -0.3 is 16.2 Å². The molecule has 76 valence electrons. The fraction of sp³-hybridized carbons (Fsp3) is 0.500. The van der Waals surface area contributed by atoms with Gasteiger partial charge in [-0.3, -0.25) is 0 Å². The number of hydrogen-bond donors (Lipinski definition) is 3. The van der Waals surface area contributed by atoms with Crippen molar-refractivity contribution in [3.8, 4) is 6.07 Å². The summed E-state index contributed by atoms with van der Waals surface area (Å²) in [6.45, 7) is 3.70. The lowest BCUT2D eigenvalue weighted by Crippen LogP contribution is -2.29. The molecule has 6 heteroatoms. The van der Waals surface area contributed by atoms with E-state index in [1.165, 1.54) is 0 Å². The van der Waals surface area contributed by atoms with Crippen LogP contribution < -0.4 is 11.1 Å². The van der Waals surface area contributed by atoms with Crippen molar-refractivity contribution >= 4 is 22.4 Å². The second-order valence-corrected chi connectivity index (χ2v) is 4.32. The van der Waals surface area contributed by atoms with Gasteiger partial charge in [-0.1, -0.05) is 0 Å². The standard InChI is InChI=1S/C8H12N4OS/c1-8(2,13)4-11-7-5(3-9)6(10)12-14-7/h11,13H,4H2,1-2H3,(H2,10,12). The van der Waals surface area contributed by atoms with Crippen molar-refractivity contribution < 1.29 is 5.11 Å². The van der Waals surface area contributed by atoms with Crippen molar-refractivity contribution in [3.63, 3.8) is 0 Å². The Hall–Kier alpha value is -1.32. The van der Waals surface area contributed by atoms with E-state index in [2.05, 4.69) is 9.69 Å². The Labute approximate surface area is 86.3 Å². The Bertz CT molecular complexity index is 360. The Kier molecular flexibility index (Phi) is 2.93. The molecule has 0 aliphatic rings. The van der Waals surface area contributed by atoms with Gasteiger partial charge in [-0.2, -0.15) is 9.64 Å². The molecular formula is C8H12N4OS. The van der Waals surface area contributed by atoms with Crippen LogP contribution in [-0.2, 0) is 0 Å². The molecule has 0 fully saturated rings. The predicted octanol–water partition coefficient (Wildman–Crippen LogP) is 0.780. The van der Waals surface area contributed by atoms with Crippen LogP contribution >= 0.6 is 11.5 Å². The fourth-order valence-corrected chi connectivity index (χ4v) is 1.49. The average Bonchev–Trinajstić information content (AvgIpc) is 2.41. The molecule has 0 saturated heterocycles. The van der Waals surface area contributed by atoms with Crippen molar-refractivity contribution in [2.75, 3.05) is 17.6 Å². The van der Waals surface area contributed by atoms with E-state index < -0.39 is 5.60 Å². The molecule has 5 nitrogen and oxygen atoms in total. The van der Waals surface area contributed by atoms with Gasteiger partial charge in [-0.15, -0.1) is 0 Å². The van der Waals surface area contributed by atoms with E-state index in [0.717, 1.165) is 11.5 Å². The van der Waals surface area contributed by atoms with Crippen LogP contribution in [0.4, 0.5) is 10.8 Å². The summed E-state index contributed by atoms with van der Waals surface area (Å²) in [4.78, 5) is 0. The van der Waals surface area contributed by atoms with E-state index in [-0.39, 0.29) is 5.82 Å². The SMILES string of the molecule is CC(C)(O)CNc1snc(N)c1C#N. The number of aromatic nitrogens is 1. The summed E-state index contributed by atoms with van der Waals surface area (Å²) >= 11 is 1.12. The zero-order valence-corrected chi connectivity index (χ0v) is 8.85. The predicted molar refractivity (Wildman–Crippen MR) is 56.0 cm³/mol. The minimum atomic E-state index is -0.828. The van der Waals surface area contributed by atoms with Gasteiger partial charge in [-0.25, -0.2) is 0 Å². The van der Waals surface area contributed by atoms with Gasteiger partial charge in [0.05, 0.1) is 5.60 Å². The molecule has 0 aliphatic carbocycles. The topological polar surface area (TPSA) is 95.0 Å². The summed E-state index contributed by atoms with van der Waals surface area (Å²) in [5.41, 5.74) is 4.98. The first kappa shape index (κ1) is 10.8. The maximum Gasteiger partial charge on any atom is 0.157 e. The maximum atomic E-state index is 9.46. The molecule has 0 aromatic carbocycles. The Balaban J connectivity index is 2.74. The van der Waals surface area contributed by atoms with Gasteiger partial charge >= 0.3 is 0 Å². The molecule has 0 unspecified atom stereocenters. The zero-order chi connectivity index (χ0) is 10.8. The van der Waals surface area contributed by atoms with Crippen LogP contribution in [0.5, 0.6) is 0 Å². The van der Waals surface area contributed by atoms with Crippen LogP contribution in [0.25, 0.3) is 0 Å². The molecule has 0 radical (unpaired) electrons. The lowest BCUT2D eigenvalue weighted by atomic mass is 10.1. The first-order valence-electron chi connectivity index (χ1n) is 4.05. The highest BCUT2D eigenvalue weighted by Gasteiger charge is 2.15. The lowest BCUT2D eigenvalue weighted by molar-refractivity contribution is 0.0946. The largest absolute Gasteiger partial charge is 0.389 e. The van der Waals surface area contributed by atoms with E-state index in [4.69, 9.17) is 11.0 Å². The average molecular weight is 212 g/mol. The van der Waals surface area contributed by atoms with E-state index in [1.807, 2.05) is 6.07 Å². The van der Waals surface area contributed by atoms with Crippen molar-refractivity contribution in [1.29, 1.82) is 5.26 Å². The second-order valence-electron chi connectivity index (χ2n) is 3.55. The quantitative estimate of drug-likeness (QED) is 0.688. The molecule has 4 N–H and O–H groups in total. The van der Waals surface area contributed by atoms with Gasteiger partial charge in [0.1, 0.15) is 16.6 Å². The van der Waals surface area contributed by atoms with Gasteiger partial charge in [0, 0.05) is 6.54 Å². The number of anilines is 2. The number of nitrogen functional groups attached to an aromatic ring is 1. The number of nitrogens with two attached hydrogens (primary N) is 1. The lowest BCUT2D eigenvalue weighted by Gasteiger charge is -2.17. The summed E-state index contributed by atoms with van der Waals surface area (Å²) in [7, 11) is 0. The van der Waals surface area contributed by atoms with E-state index in [9.17, 15) is 5.11 Å². The molecule has 0 atom stereocenters. The highest BCUT2D eigenvalue weighted by atomic mass is 32.1. The first-order chi connectivity index (χ1) is 6.44. The molecule has 0 bridgehead atoms. The molecule has 1 aromatic heterocycles. The summed E-state index contributed by atoms with van der Waals surface area (Å²) in [6.07, 6.45) is 0. The number of nitrogens with one attached hydrogen (secondary N) is 1. The van der Waals surface area contributed by atoms with Gasteiger partial charge in [-0.05, 0) is 25.4 Å². The summed E-state index contributed by atoms with van der Waals surface area (Å²) in [5.74, 6) is 0.232. The molecule has 1 aromatic rings. The zero-order valence-electron chi connectivity index (χ0n) is 8.03. The van der Waals surface area contributed by atoms with Crippen molar-refractivity contribution in [3.05, 3.63) is 5.56 Å². The van der Waals surface area contributed by atoms with Crippen LogP contribution in [0.3, 0.4) is 0 Å². The van der Waals surface area contributed by atoms with Crippen LogP contribution in [0.15, 0.2) is 0 Å². The third-order valence-corrected chi connectivity index (χ3v) is 2.33. The molecule has 0 amide bonds. The first-order valence-corrected chi connectivity index (χ1v) is 4.83. The third-order valence-electron chi connectivity index (χ3n) is 1.51. The van der Waals surface area contributed by atoms with E-state index >= 15 is 0 Å². The molecular weight excluding hydrogens is 200 g/mol. The molecule has 0 saturated carbocycles. The summed E-state index contributed by atoms with van der Waals surface area (Å²) in [5, 5.41) is 21.7. The van der Waals surface area contributed by atoms with Crippen LogP contribution in [0.1, 0.15) is 19.4 Å². The highest BCUT2D eigenvalue weighted by Crippen LogP contribution is 2.25. The highest BCUT2D eigenvalue weighted by molar-refractivity contribution is 7.10. The summed E-state index contributed by atoms with van der Waals surface area (Å²) in [6, 6.07) is 1.96. The van der Waals surface area contributed by atoms with Gasteiger partial charge in [0.2, 0.25) is 0 Å². The fourth-order valence-electron chi connectivity index (χ4n) is 0.828. The summed E-state index contributed by atoms with van der Waals surface area (Å²) < 4.78 is 3.84. The molecule has 0 aliphatic heterocycles. The number of nitriles is 1. The minimum absolute atomic E-state index is 0.232.